The van der Waals surface area contributed by atoms with Crippen LogP contribution in [0.2, 0.25) is 0 Å². The maximum atomic E-state index is 7.72. The van der Waals surface area contributed by atoms with Crippen molar-refractivity contribution in [3.63, 3.8) is 0 Å². The Balaban J connectivity index is 1.50. The van der Waals surface area contributed by atoms with Crippen LogP contribution in [0.25, 0.3) is 17.7 Å². The summed E-state index contributed by atoms with van der Waals surface area (Å²) in [6, 6.07) is 8.15. The van der Waals surface area contributed by atoms with Crippen molar-refractivity contribution in [1.29, 1.82) is 0 Å². The van der Waals surface area contributed by atoms with Crippen LogP contribution in [-0.2, 0) is 4.87 Å². The van der Waals surface area contributed by atoms with Crippen LogP contribution in [0.3, 0.4) is 0 Å². The largest absolute Gasteiger partial charge is 0.377 e. The first kappa shape index (κ1) is 25.0. The zero-order chi connectivity index (χ0) is 27.5. The second kappa shape index (κ2) is 9.29. The van der Waals surface area contributed by atoms with E-state index < -0.39 is 9.87 Å². The van der Waals surface area contributed by atoms with Gasteiger partial charge in [0.25, 0.3) is 0 Å². The van der Waals surface area contributed by atoms with Gasteiger partial charge in [0.2, 0.25) is 0 Å². The topological polar surface area (TPSA) is 62.8 Å². The molecule has 0 amide bonds. The molecule has 2 atom stereocenters. The van der Waals surface area contributed by atoms with Crippen molar-refractivity contribution in [2.24, 2.45) is 9.98 Å². The first-order valence-electron chi connectivity index (χ1n) is 13.3. The van der Waals surface area contributed by atoms with Gasteiger partial charge in [-0.25, -0.2) is 4.99 Å². The van der Waals surface area contributed by atoms with Gasteiger partial charge in [-0.1, -0.05) is 23.8 Å². The van der Waals surface area contributed by atoms with E-state index >= 15 is 0 Å². The molecule has 8 bridgehead atoms. The normalized spacial score (nSPS) is 26.9. The van der Waals surface area contributed by atoms with Crippen LogP contribution in [-0.4, -0.2) is 63.4 Å². The van der Waals surface area contributed by atoms with Gasteiger partial charge < -0.3 is 19.8 Å². The van der Waals surface area contributed by atoms with Crippen LogP contribution in [0, 0.1) is 0 Å². The number of halogens is 2. The molecule has 2 aromatic heterocycles. The molecule has 0 aliphatic carbocycles. The van der Waals surface area contributed by atoms with E-state index in [1.165, 1.54) is 0 Å². The molecule has 7 heterocycles. The molecule has 7 rings (SSSR count). The van der Waals surface area contributed by atoms with E-state index in [0.717, 1.165) is 69.0 Å². The number of aliphatic imine (C=N–C) groups is 2. The van der Waals surface area contributed by atoms with Gasteiger partial charge in [-0.05, 0) is 96.4 Å². The number of nitrogens with one attached hydrogen (secondary N) is 2. The number of fused-ring (bicyclic) bond motifs is 6. The molecule has 0 saturated heterocycles. The van der Waals surface area contributed by atoms with Crippen LogP contribution >= 0.6 is 23.2 Å². The quantitative estimate of drug-likeness (QED) is 0.415. The number of hydrogen-bond acceptors (Lipinski definition) is 4. The van der Waals surface area contributed by atoms with Gasteiger partial charge in [0.1, 0.15) is 0 Å². The second-order valence-electron chi connectivity index (χ2n) is 10.6. The molecule has 0 fully saturated rings. The standard InChI is InChI=1S/C32H28Cl2N6/c1-39-15-10-21(11-16-39)30-27-6-5-25(36-27)19-23-3-4-24(35-23)20-26-9-14-31(33,38-26)32(34,29-8-7-28(30)37-29)22-12-17-40(2)18-13-22/h3-15,17,19-20,35,37H,16,18H2,1-2H3. The average molecular weight is 568 g/mol. The van der Waals surface area contributed by atoms with Crippen LogP contribution in [0.4, 0.5) is 0 Å². The summed E-state index contributed by atoms with van der Waals surface area (Å²) in [5, 5.41) is 1.88. The molecular formula is C32H28Cl2N6. The number of alkyl halides is 2. The van der Waals surface area contributed by atoms with Gasteiger partial charge in [-0.3, -0.25) is 4.99 Å². The summed E-state index contributed by atoms with van der Waals surface area (Å²) in [5.74, 6) is 0. The Morgan fingerprint density at radius 3 is 2.27 bits per heavy atom. The molecule has 0 saturated carbocycles. The van der Waals surface area contributed by atoms with E-state index in [2.05, 4.69) is 63.4 Å². The van der Waals surface area contributed by atoms with Gasteiger partial charge in [0, 0.05) is 54.8 Å². The van der Waals surface area contributed by atoms with Crippen molar-refractivity contribution in [2.45, 2.75) is 9.87 Å². The van der Waals surface area contributed by atoms with E-state index in [1.807, 2.05) is 67.9 Å². The fourth-order valence-corrected chi connectivity index (χ4v) is 6.30. The predicted octanol–water partition coefficient (Wildman–Crippen LogP) is 4.49. The maximum Gasteiger partial charge on any atom is 0.181 e. The molecule has 6 nitrogen and oxygen atoms in total. The lowest BCUT2D eigenvalue weighted by molar-refractivity contribution is 0.487. The van der Waals surface area contributed by atoms with Crippen molar-refractivity contribution in [1.82, 2.24) is 19.8 Å². The molecule has 2 aromatic rings. The predicted molar refractivity (Wildman–Crippen MR) is 166 cm³/mol. The zero-order valence-corrected chi connectivity index (χ0v) is 23.7. The number of H-pyrrole nitrogens is 2. The van der Waals surface area contributed by atoms with Crippen molar-refractivity contribution >= 4 is 52.4 Å². The Morgan fingerprint density at radius 1 is 0.800 bits per heavy atom. The molecule has 0 spiro atoms. The number of aromatic nitrogens is 2. The first-order chi connectivity index (χ1) is 19.3. The van der Waals surface area contributed by atoms with Crippen LogP contribution in [0.15, 0.2) is 112 Å². The fraction of sp³-hybridized carbons (Fsp3) is 0.188. The minimum Gasteiger partial charge on any atom is -0.377 e. The van der Waals surface area contributed by atoms with Gasteiger partial charge in [-0.15, -0.1) is 11.6 Å². The van der Waals surface area contributed by atoms with Crippen molar-refractivity contribution in [3.05, 3.63) is 124 Å². The number of rotatable bonds is 2. The van der Waals surface area contributed by atoms with E-state index in [4.69, 9.17) is 33.2 Å². The monoisotopic (exact) mass is 566 g/mol. The van der Waals surface area contributed by atoms with E-state index in [1.54, 1.807) is 0 Å². The van der Waals surface area contributed by atoms with Crippen molar-refractivity contribution in [3.8, 4) is 0 Å². The number of allylic oxidation sites excluding steroid dienone is 7. The molecule has 2 N–H and O–H groups in total. The maximum absolute atomic E-state index is 7.72. The lowest BCUT2D eigenvalue weighted by Gasteiger charge is -2.38. The lowest BCUT2D eigenvalue weighted by atomic mass is 9.85. The second-order valence-corrected chi connectivity index (χ2v) is 11.7. The van der Waals surface area contributed by atoms with Crippen LogP contribution in [0.1, 0.15) is 11.4 Å². The summed E-state index contributed by atoms with van der Waals surface area (Å²) in [7, 11) is 4.09. The first-order valence-corrected chi connectivity index (χ1v) is 14.0. The Hall–Kier alpha value is -4.00. The Morgan fingerprint density at radius 2 is 1.55 bits per heavy atom. The zero-order valence-electron chi connectivity index (χ0n) is 22.2. The molecule has 2 unspecified atom stereocenters. The Labute approximate surface area is 242 Å². The smallest absolute Gasteiger partial charge is 0.181 e. The van der Waals surface area contributed by atoms with Gasteiger partial charge >= 0.3 is 0 Å². The lowest BCUT2D eigenvalue weighted by Crippen LogP contribution is -2.42. The fourth-order valence-electron chi connectivity index (χ4n) is 5.57. The summed E-state index contributed by atoms with van der Waals surface area (Å²) < 4.78 is 0. The summed E-state index contributed by atoms with van der Waals surface area (Å²) in [6.07, 6.45) is 24.6. The van der Waals surface area contributed by atoms with E-state index in [0.29, 0.717) is 0 Å². The van der Waals surface area contributed by atoms with Crippen molar-refractivity contribution < 1.29 is 0 Å². The highest BCUT2D eigenvalue weighted by Crippen LogP contribution is 2.53. The third-order valence-electron chi connectivity index (χ3n) is 7.73. The number of likely N-dealkylation sites (N-methyl/N-ethyl adjacent to an activating group) is 2. The minimum absolute atomic E-state index is 0.720. The number of hydrogen-bond donors (Lipinski definition) is 2. The molecule has 5 aliphatic rings. The SMILES string of the molecule is CN1C=CC(C2=C3C=CC(=N3)C=c3ccc([nH]3)=CC3=NC(Cl)(C=C3)C(Cl)(C3=CCN(C)C=C3)c3ccc2[nH]3)=CC1. The average Bonchev–Trinajstić information content (AvgIpc) is 3.75. The molecule has 0 radical (unpaired) electrons. The van der Waals surface area contributed by atoms with Gasteiger partial charge in [-0.2, -0.15) is 0 Å². The number of nitrogens with zero attached hydrogens (tertiary/aromatic N) is 4. The van der Waals surface area contributed by atoms with Crippen LogP contribution < -0.4 is 10.7 Å². The number of aromatic amines is 2. The summed E-state index contributed by atoms with van der Waals surface area (Å²) >= 11 is 15.1. The molecule has 200 valence electrons. The molecule has 8 heteroatoms. The highest BCUT2D eigenvalue weighted by atomic mass is 35.5. The van der Waals surface area contributed by atoms with Gasteiger partial charge in [0.05, 0.1) is 17.1 Å². The summed E-state index contributed by atoms with van der Waals surface area (Å²) in [4.78, 5) is 18.9. The third-order valence-corrected chi connectivity index (χ3v) is 9.03. The van der Waals surface area contributed by atoms with E-state index in [-0.39, 0.29) is 0 Å². The minimum atomic E-state index is -1.26. The van der Waals surface area contributed by atoms with Crippen molar-refractivity contribution in [2.75, 3.05) is 27.2 Å². The Bertz CT molecular complexity index is 1820. The molecule has 40 heavy (non-hydrogen) atoms. The molecular weight excluding hydrogens is 539 g/mol. The summed E-state index contributed by atoms with van der Waals surface area (Å²) in [6.45, 7) is 1.53. The Kier molecular flexibility index (Phi) is 5.81. The third kappa shape index (κ3) is 4.10. The van der Waals surface area contributed by atoms with E-state index in [9.17, 15) is 0 Å². The van der Waals surface area contributed by atoms with Gasteiger partial charge in [0.15, 0.2) is 9.87 Å². The summed E-state index contributed by atoms with van der Waals surface area (Å²) in [5.41, 5.74) is 7.16. The molecule has 5 aliphatic heterocycles. The van der Waals surface area contributed by atoms with Crippen LogP contribution in [0.5, 0.6) is 0 Å². The highest BCUT2D eigenvalue weighted by molar-refractivity contribution is 6.39. The highest BCUT2D eigenvalue weighted by Gasteiger charge is 2.54. The molecule has 0 aromatic carbocycles.